The number of nitrogens with two attached hydrogens (primary N) is 1. The summed E-state index contributed by atoms with van der Waals surface area (Å²) < 4.78 is 40.4. The fourth-order valence-corrected chi connectivity index (χ4v) is 1.97. The highest BCUT2D eigenvalue weighted by Crippen LogP contribution is 2.40. The summed E-state index contributed by atoms with van der Waals surface area (Å²) in [7, 11) is 0. The zero-order valence-corrected chi connectivity index (χ0v) is 11.3. The second-order valence-electron chi connectivity index (χ2n) is 5.48. The summed E-state index contributed by atoms with van der Waals surface area (Å²) in [5.41, 5.74) is 5.19. The zero-order valence-electron chi connectivity index (χ0n) is 11.3. The maximum Gasteiger partial charge on any atom is 0.573 e. The van der Waals surface area contributed by atoms with Crippen molar-refractivity contribution in [2.75, 3.05) is 5.73 Å². The van der Waals surface area contributed by atoms with Crippen LogP contribution in [0.1, 0.15) is 32.3 Å². The van der Waals surface area contributed by atoms with Crippen LogP contribution in [0.15, 0.2) is 18.2 Å². The van der Waals surface area contributed by atoms with Crippen molar-refractivity contribution in [2.45, 2.75) is 33.1 Å². The van der Waals surface area contributed by atoms with Crippen molar-refractivity contribution < 1.29 is 27.8 Å². The van der Waals surface area contributed by atoms with Gasteiger partial charge in [-0.05, 0) is 29.2 Å². The Labute approximate surface area is 114 Å². The standard InChI is InChI=1S/C13H16F3NO3/c1-12(2,3)10(11(18)19)8-6-7(4-5-9(8)17)20-13(14,15)16/h4-6,10H,17H2,1-3H3,(H,18,19). The molecule has 0 aliphatic carbocycles. The van der Waals surface area contributed by atoms with Crippen molar-refractivity contribution in [3.63, 3.8) is 0 Å². The van der Waals surface area contributed by atoms with Crippen molar-refractivity contribution in [3.05, 3.63) is 23.8 Å². The largest absolute Gasteiger partial charge is 0.573 e. The highest BCUT2D eigenvalue weighted by molar-refractivity contribution is 5.80. The summed E-state index contributed by atoms with van der Waals surface area (Å²) in [5, 5.41) is 9.29. The summed E-state index contributed by atoms with van der Waals surface area (Å²) in [6, 6.07) is 3.28. The molecule has 0 saturated heterocycles. The van der Waals surface area contributed by atoms with Gasteiger partial charge in [0.1, 0.15) is 5.75 Å². The van der Waals surface area contributed by atoms with E-state index < -0.39 is 29.4 Å². The molecule has 1 aromatic rings. The molecule has 112 valence electrons. The third kappa shape index (κ3) is 4.04. The number of carboxylic acid groups (broad SMARTS) is 1. The monoisotopic (exact) mass is 291 g/mol. The summed E-state index contributed by atoms with van der Waals surface area (Å²) >= 11 is 0. The van der Waals surface area contributed by atoms with Crippen LogP contribution in [0, 0.1) is 5.41 Å². The molecule has 0 saturated carbocycles. The Morgan fingerprint density at radius 1 is 1.30 bits per heavy atom. The number of hydrogen-bond acceptors (Lipinski definition) is 3. The highest BCUT2D eigenvalue weighted by Gasteiger charge is 2.36. The minimum atomic E-state index is -4.84. The van der Waals surface area contributed by atoms with E-state index in [0.29, 0.717) is 0 Å². The van der Waals surface area contributed by atoms with Crippen LogP contribution >= 0.6 is 0 Å². The molecule has 0 fully saturated rings. The van der Waals surface area contributed by atoms with Gasteiger partial charge in [0.2, 0.25) is 0 Å². The minimum absolute atomic E-state index is 0.103. The number of ether oxygens (including phenoxy) is 1. The maximum atomic E-state index is 12.2. The fourth-order valence-electron chi connectivity index (χ4n) is 1.97. The van der Waals surface area contributed by atoms with Crippen LogP contribution in [0.3, 0.4) is 0 Å². The third-order valence-electron chi connectivity index (χ3n) is 2.72. The third-order valence-corrected chi connectivity index (χ3v) is 2.72. The smallest absolute Gasteiger partial charge is 0.481 e. The lowest BCUT2D eigenvalue weighted by molar-refractivity contribution is -0.274. The molecule has 20 heavy (non-hydrogen) atoms. The van der Waals surface area contributed by atoms with Crippen molar-refractivity contribution in [2.24, 2.45) is 5.41 Å². The van der Waals surface area contributed by atoms with Crippen LogP contribution in [0.4, 0.5) is 18.9 Å². The summed E-state index contributed by atoms with van der Waals surface area (Å²) in [4.78, 5) is 11.4. The molecule has 0 bridgehead atoms. The normalized spacial score (nSPS) is 13.9. The van der Waals surface area contributed by atoms with Gasteiger partial charge in [-0.15, -0.1) is 13.2 Å². The van der Waals surface area contributed by atoms with Gasteiger partial charge in [-0.3, -0.25) is 4.79 Å². The van der Waals surface area contributed by atoms with E-state index in [1.54, 1.807) is 20.8 Å². The van der Waals surface area contributed by atoms with E-state index in [2.05, 4.69) is 4.74 Å². The van der Waals surface area contributed by atoms with E-state index in [1.807, 2.05) is 0 Å². The Bertz CT molecular complexity index is 507. The molecule has 7 heteroatoms. The molecular weight excluding hydrogens is 275 g/mol. The van der Waals surface area contributed by atoms with Crippen LogP contribution in [-0.2, 0) is 4.79 Å². The van der Waals surface area contributed by atoms with E-state index in [4.69, 9.17) is 5.73 Å². The number of benzene rings is 1. The lowest BCUT2D eigenvalue weighted by Crippen LogP contribution is -2.27. The maximum absolute atomic E-state index is 12.2. The molecule has 0 aliphatic rings. The number of nitrogen functional groups attached to an aromatic ring is 1. The van der Waals surface area contributed by atoms with Gasteiger partial charge >= 0.3 is 12.3 Å². The van der Waals surface area contributed by atoms with Crippen LogP contribution in [0.5, 0.6) is 5.75 Å². The number of rotatable bonds is 3. The summed E-state index contributed by atoms with van der Waals surface area (Å²) in [6.07, 6.45) is -4.84. The number of aliphatic carboxylic acids is 1. The van der Waals surface area contributed by atoms with Gasteiger partial charge in [0.25, 0.3) is 0 Å². The molecule has 0 spiro atoms. The molecule has 0 heterocycles. The quantitative estimate of drug-likeness (QED) is 0.837. The minimum Gasteiger partial charge on any atom is -0.481 e. The van der Waals surface area contributed by atoms with Gasteiger partial charge in [-0.2, -0.15) is 0 Å². The fraction of sp³-hybridized carbons (Fsp3) is 0.462. The average Bonchev–Trinajstić information content (AvgIpc) is 2.18. The number of halogens is 3. The summed E-state index contributed by atoms with van der Waals surface area (Å²) in [5.74, 6) is -2.69. The lowest BCUT2D eigenvalue weighted by Gasteiger charge is -2.28. The van der Waals surface area contributed by atoms with E-state index in [1.165, 1.54) is 6.07 Å². The van der Waals surface area contributed by atoms with Gasteiger partial charge in [-0.1, -0.05) is 20.8 Å². The van der Waals surface area contributed by atoms with E-state index in [9.17, 15) is 23.1 Å². The molecule has 0 aromatic heterocycles. The first-order valence-electron chi connectivity index (χ1n) is 5.80. The van der Waals surface area contributed by atoms with Crippen molar-refractivity contribution >= 4 is 11.7 Å². The summed E-state index contributed by atoms with van der Waals surface area (Å²) in [6.45, 7) is 5.01. The van der Waals surface area contributed by atoms with Gasteiger partial charge in [0, 0.05) is 5.69 Å². The van der Waals surface area contributed by atoms with Gasteiger partial charge in [0.15, 0.2) is 0 Å². The molecule has 1 aromatic carbocycles. The molecule has 1 atom stereocenters. The van der Waals surface area contributed by atoms with Crippen molar-refractivity contribution in [1.29, 1.82) is 0 Å². The Morgan fingerprint density at radius 2 is 1.85 bits per heavy atom. The zero-order chi connectivity index (χ0) is 15.7. The molecule has 1 unspecified atom stereocenters. The van der Waals surface area contributed by atoms with Crippen molar-refractivity contribution in [1.82, 2.24) is 0 Å². The average molecular weight is 291 g/mol. The predicted octanol–water partition coefficient (Wildman–Crippen LogP) is 3.38. The molecule has 0 radical (unpaired) electrons. The Kier molecular flexibility index (Phi) is 4.21. The second kappa shape index (κ2) is 5.22. The number of carbonyl (C=O) groups is 1. The predicted molar refractivity (Wildman–Crippen MR) is 67.4 cm³/mol. The second-order valence-corrected chi connectivity index (χ2v) is 5.48. The van der Waals surface area contributed by atoms with Crippen LogP contribution in [0.2, 0.25) is 0 Å². The molecule has 4 nitrogen and oxygen atoms in total. The Balaban J connectivity index is 3.29. The SMILES string of the molecule is CC(C)(C)C(C(=O)O)c1cc(OC(F)(F)F)ccc1N. The molecule has 3 N–H and O–H groups in total. The topological polar surface area (TPSA) is 72.5 Å². The molecule has 1 rings (SSSR count). The van der Waals surface area contributed by atoms with Gasteiger partial charge < -0.3 is 15.6 Å². The van der Waals surface area contributed by atoms with Gasteiger partial charge in [0.05, 0.1) is 5.92 Å². The molecule has 0 aliphatic heterocycles. The van der Waals surface area contributed by atoms with Gasteiger partial charge in [-0.25, -0.2) is 0 Å². The number of carboxylic acids is 1. The van der Waals surface area contributed by atoms with Crippen LogP contribution in [-0.4, -0.2) is 17.4 Å². The van der Waals surface area contributed by atoms with E-state index >= 15 is 0 Å². The Morgan fingerprint density at radius 3 is 2.25 bits per heavy atom. The molecule has 0 amide bonds. The first-order chi connectivity index (χ1) is 8.92. The highest BCUT2D eigenvalue weighted by atomic mass is 19.4. The lowest BCUT2D eigenvalue weighted by atomic mass is 9.76. The number of alkyl halides is 3. The van der Waals surface area contributed by atoms with Crippen LogP contribution < -0.4 is 10.5 Å². The number of hydrogen-bond donors (Lipinski definition) is 2. The molecular formula is C13H16F3NO3. The Hall–Kier alpha value is -1.92. The number of anilines is 1. The van der Waals surface area contributed by atoms with Crippen molar-refractivity contribution in [3.8, 4) is 5.75 Å². The first kappa shape index (κ1) is 16.1. The van der Waals surface area contributed by atoms with Crippen LogP contribution in [0.25, 0.3) is 0 Å². The first-order valence-corrected chi connectivity index (χ1v) is 5.80. The van der Waals surface area contributed by atoms with E-state index in [-0.39, 0.29) is 11.3 Å². The van der Waals surface area contributed by atoms with E-state index in [0.717, 1.165) is 12.1 Å².